The number of aliphatic hydroxyl groups excluding tert-OH is 1. The first-order chi connectivity index (χ1) is 33.5. The summed E-state index contributed by atoms with van der Waals surface area (Å²) in [6.45, 7) is 11.8. The summed E-state index contributed by atoms with van der Waals surface area (Å²) in [5.41, 5.74) is 6.35. The molecule has 2 saturated heterocycles. The van der Waals surface area contributed by atoms with E-state index >= 15 is 4.79 Å². The first kappa shape index (κ1) is 56.8. The lowest BCUT2D eigenvalue weighted by Crippen LogP contribution is -2.65. The van der Waals surface area contributed by atoms with Gasteiger partial charge in [0.15, 0.2) is 0 Å². The van der Waals surface area contributed by atoms with E-state index in [0.29, 0.717) is 11.1 Å². The molecule has 2 aliphatic rings. The van der Waals surface area contributed by atoms with Gasteiger partial charge in [-0.1, -0.05) is 84.0 Å². The number of nitrogens with one attached hydrogen (secondary N) is 6. The van der Waals surface area contributed by atoms with E-state index in [1.165, 1.54) is 26.1 Å². The number of aliphatic hydroxyl groups is 1. The van der Waals surface area contributed by atoms with Crippen molar-refractivity contribution in [3.05, 3.63) is 65.7 Å². The van der Waals surface area contributed by atoms with Gasteiger partial charge in [-0.2, -0.15) is 0 Å². The maximum Gasteiger partial charge on any atom is 0.328 e. The number of hydrogen-bond donors (Lipinski definition) is 9. The number of amides is 9. The monoisotopic (exact) mass is 992 g/mol. The average molecular weight is 992 g/mol. The summed E-state index contributed by atoms with van der Waals surface area (Å²) in [4.78, 5) is 129. The molecular formula is C50H73N9O12. The van der Waals surface area contributed by atoms with E-state index in [1.807, 2.05) is 0 Å². The SMILES string of the molecule is CC(C)C[C@@H]1NC(=O)[C@@H](NC(=O)[C@H](CCCNC(N)=O)NC(=O)C(C)C)[C@@H](C)OC(=O)[C@H](CC(C)C)NC(=O)[C@H](Cc2ccc(O)cc2)N(C)C(=O)[C@H](Cc2ccccc2)N2C(=O)[C@H](CC[C@H]2O)NC1=O. The number of esters is 1. The number of phenolic OH excluding ortho intramolecular Hbond substituents is 1. The van der Waals surface area contributed by atoms with E-state index in [2.05, 4.69) is 31.9 Å². The highest BCUT2D eigenvalue weighted by atomic mass is 16.5. The molecule has 2 heterocycles. The molecule has 0 aromatic heterocycles. The van der Waals surface area contributed by atoms with Gasteiger partial charge in [-0.05, 0) is 80.5 Å². The standard InChI is InChI=1S/C50H73N9O12/c1-27(2)23-36-44(64)54-35-20-21-40(61)59(47(35)67)39(26-31-13-10-9-11-14-31)48(68)58(8)38(25-32-16-18-33(60)19-17-32)45(65)56-37(24-28(3)4)49(69)71-30(7)41(46(66)55-36)57-43(63)34(53-42(62)29(5)6)15-12-22-52-50(51)70/h9-11,13-14,16-19,27-30,34-41,60-61H,12,15,20-26H2,1-8H3,(H,53,62)(H,54,64)(H,55,66)(H,56,65)(H,57,63)(H3,51,52,70)/t30-,34+,35+,36+,37+,38+,39+,40-,41+/m1/s1. The van der Waals surface area contributed by atoms with E-state index in [1.54, 1.807) is 84.0 Å². The minimum absolute atomic E-state index is 0.00980. The largest absolute Gasteiger partial charge is 0.508 e. The second-order valence-electron chi connectivity index (χ2n) is 19.6. The molecule has 0 saturated carbocycles. The van der Waals surface area contributed by atoms with Crippen molar-refractivity contribution in [2.45, 2.75) is 154 Å². The number of primary amides is 1. The van der Waals surface area contributed by atoms with Crippen LogP contribution in [0.4, 0.5) is 4.79 Å². The van der Waals surface area contributed by atoms with Crippen molar-refractivity contribution in [3.63, 3.8) is 0 Å². The van der Waals surface area contributed by atoms with Crippen LogP contribution in [0.25, 0.3) is 0 Å². The number of piperidine rings is 1. The molecule has 0 radical (unpaired) electrons. The first-order valence-corrected chi connectivity index (χ1v) is 24.3. The highest BCUT2D eigenvalue weighted by Crippen LogP contribution is 2.26. The van der Waals surface area contributed by atoms with Gasteiger partial charge < -0.3 is 62.4 Å². The van der Waals surface area contributed by atoms with Crippen LogP contribution in [0.2, 0.25) is 0 Å². The second-order valence-corrected chi connectivity index (χ2v) is 19.6. The third-order valence-corrected chi connectivity index (χ3v) is 12.4. The van der Waals surface area contributed by atoms with Gasteiger partial charge in [-0.25, -0.2) is 9.59 Å². The number of nitrogens with two attached hydrogens (primary N) is 1. The molecule has 4 rings (SSSR count). The van der Waals surface area contributed by atoms with Crippen LogP contribution in [0, 0.1) is 17.8 Å². The number of aromatic hydroxyl groups is 1. The van der Waals surface area contributed by atoms with Crippen LogP contribution in [0.1, 0.15) is 98.1 Å². The number of likely N-dealkylation sites (N-methyl/N-ethyl adjacent to an activating group) is 1. The van der Waals surface area contributed by atoms with Crippen molar-refractivity contribution in [2.75, 3.05) is 13.6 Å². The molecule has 21 nitrogen and oxygen atoms in total. The molecule has 2 bridgehead atoms. The van der Waals surface area contributed by atoms with Crippen LogP contribution in [0.5, 0.6) is 5.75 Å². The van der Waals surface area contributed by atoms with Crippen LogP contribution >= 0.6 is 0 Å². The Hall–Kier alpha value is -6.77. The van der Waals surface area contributed by atoms with E-state index < -0.39 is 114 Å². The van der Waals surface area contributed by atoms with E-state index in [-0.39, 0.29) is 75.5 Å². The molecule has 2 aromatic carbocycles. The van der Waals surface area contributed by atoms with Gasteiger partial charge in [-0.15, -0.1) is 0 Å². The van der Waals surface area contributed by atoms with Crippen LogP contribution in [-0.4, -0.2) is 142 Å². The minimum Gasteiger partial charge on any atom is -0.508 e. The molecule has 0 unspecified atom stereocenters. The van der Waals surface area contributed by atoms with Gasteiger partial charge >= 0.3 is 12.0 Å². The van der Waals surface area contributed by atoms with Gasteiger partial charge in [0, 0.05) is 32.4 Å². The maximum atomic E-state index is 15.1. The summed E-state index contributed by atoms with van der Waals surface area (Å²) in [6.07, 6.45) is -3.14. The number of carbonyl (C=O) groups excluding carboxylic acids is 9. The van der Waals surface area contributed by atoms with Crippen molar-refractivity contribution >= 4 is 53.4 Å². The molecule has 9 amide bonds. The number of rotatable bonds is 16. The van der Waals surface area contributed by atoms with Crippen LogP contribution in [0.15, 0.2) is 54.6 Å². The Balaban J connectivity index is 1.88. The summed E-state index contributed by atoms with van der Waals surface area (Å²) in [5, 5.41) is 37.5. The summed E-state index contributed by atoms with van der Waals surface area (Å²) in [5.74, 6) is -7.52. The quantitative estimate of drug-likeness (QED) is 0.0837. The predicted molar refractivity (Wildman–Crippen MR) is 260 cm³/mol. The third kappa shape index (κ3) is 16.7. The molecule has 2 aliphatic heterocycles. The Kier molecular flexibility index (Phi) is 21.2. The smallest absolute Gasteiger partial charge is 0.328 e. The fourth-order valence-corrected chi connectivity index (χ4v) is 8.49. The van der Waals surface area contributed by atoms with Gasteiger partial charge in [0.1, 0.15) is 60.4 Å². The molecule has 0 aliphatic carbocycles. The summed E-state index contributed by atoms with van der Waals surface area (Å²) in [6, 6.07) is 4.12. The Morgan fingerprint density at radius 3 is 1.96 bits per heavy atom. The Morgan fingerprint density at radius 1 is 0.761 bits per heavy atom. The topological polar surface area (TPSA) is 308 Å². The lowest BCUT2D eigenvalue weighted by Gasteiger charge is -2.43. The number of nitrogens with zero attached hydrogens (tertiary/aromatic N) is 2. The van der Waals surface area contributed by atoms with Crippen molar-refractivity contribution < 1.29 is 58.1 Å². The average Bonchev–Trinajstić information content (AvgIpc) is 3.30. The summed E-state index contributed by atoms with van der Waals surface area (Å²) in [7, 11) is 1.37. The molecule has 9 atom stereocenters. The van der Waals surface area contributed by atoms with Gasteiger partial charge in [-0.3, -0.25) is 33.6 Å². The number of ether oxygens (including phenoxy) is 1. The predicted octanol–water partition coefficient (Wildman–Crippen LogP) is 0.880. The molecule has 2 aromatic rings. The first-order valence-electron chi connectivity index (χ1n) is 24.3. The molecule has 10 N–H and O–H groups in total. The fourth-order valence-electron chi connectivity index (χ4n) is 8.49. The highest BCUT2D eigenvalue weighted by Gasteiger charge is 2.46. The van der Waals surface area contributed by atoms with Crippen molar-refractivity contribution in [1.82, 2.24) is 41.7 Å². The highest BCUT2D eigenvalue weighted by molar-refractivity contribution is 5.98. The Labute approximate surface area is 415 Å². The van der Waals surface area contributed by atoms with E-state index in [4.69, 9.17) is 10.5 Å². The lowest BCUT2D eigenvalue weighted by atomic mass is 9.95. The van der Waals surface area contributed by atoms with Crippen LogP contribution in [-0.2, 0) is 55.9 Å². The molecule has 71 heavy (non-hydrogen) atoms. The molecule has 390 valence electrons. The third-order valence-electron chi connectivity index (χ3n) is 12.4. The number of cyclic esters (lactones) is 1. The summed E-state index contributed by atoms with van der Waals surface area (Å²) >= 11 is 0. The summed E-state index contributed by atoms with van der Waals surface area (Å²) < 4.78 is 5.94. The second kappa shape index (κ2) is 26.4. The zero-order chi connectivity index (χ0) is 52.7. The van der Waals surface area contributed by atoms with Crippen molar-refractivity contribution in [3.8, 4) is 5.75 Å². The number of fused-ring (bicyclic) bond motifs is 2. The molecule has 21 heteroatoms. The van der Waals surface area contributed by atoms with Crippen molar-refractivity contribution in [1.29, 1.82) is 0 Å². The van der Waals surface area contributed by atoms with E-state index in [9.17, 15) is 48.6 Å². The number of urea groups is 1. The number of phenols is 1. The number of benzene rings is 2. The van der Waals surface area contributed by atoms with Crippen molar-refractivity contribution in [2.24, 2.45) is 23.5 Å². The van der Waals surface area contributed by atoms with Gasteiger partial charge in [0.25, 0.3) is 0 Å². The Bertz CT molecular complexity index is 2190. The molecular weight excluding hydrogens is 919 g/mol. The number of carbonyl (C=O) groups is 9. The molecule has 0 spiro atoms. The zero-order valence-corrected chi connectivity index (χ0v) is 41.9. The van der Waals surface area contributed by atoms with Crippen LogP contribution in [0.3, 0.4) is 0 Å². The number of hydrogen-bond acceptors (Lipinski definition) is 12. The maximum absolute atomic E-state index is 15.1. The normalized spacial score (nSPS) is 24.5. The van der Waals surface area contributed by atoms with Crippen LogP contribution < -0.4 is 37.6 Å². The molecule has 2 fully saturated rings. The van der Waals surface area contributed by atoms with E-state index in [0.717, 1.165) is 9.80 Å². The van der Waals surface area contributed by atoms with Gasteiger partial charge in [0.2, 0.25) is 41.4 Å². The minimum atomic E-state index is -1.72. The zero-order valence-electron chi connectivity index (χ0n) is 41.9. The van der Waals surface area contributed by atoms with Gasteiger partial charge in [0.05, 0.1) is 0 Å². The fraction of sp³-hybridized carbons (Fsp3) is 0.580. The lowest BCUT2D eigenvalue weighted by molar-refractivity contribution is -0.165. The Morgan fingerprint density at radius 2 is 1.35 bits per heavy atom.